The predicted octanol–water partition coefficient (Wildman–Crippen LogP) is 0.545. The number of hydrazone groups is 1. The van der Waals surface area contributed by atoms with Crippen molar-refractivity contribution < 1.29 is 28.6 Å². The Kier molecular flexibility index (Phi) is 9.76. The largest absolute Gasteiger partial charge is 0.490 e. The third kappa shape index (κ3) is 8.25. The lowest BCUT2D eigenvalue weighted by Gasteiger charge is -2.26. The van der Waals surface area contributed by atoms with Gasteiger partial charge in [-0.1, -0.05) is 13.8 Å². The highest BCUT2D eigenvalue weighted by Crippen LogP contribution is 2.28. The van der Waals surface area contributed by atoms with E-state index in [-0.39, 0.29) is 18.4 Å². The highest BCUT2D eigenvalue weighted by atomic mass is 16.5. The number of carbonyl (C=O) groups is 3. The van der Waals surface area contributed by atoms with Crippen molar-refractivity contribution in [3.63, 3.8) is 0 Å². The Bertz CT molecular complexity index is 790. The zero-order valence-corrected chi connectivity index (χ0v) is 18.2. The first-order chi connectivity index (χ1) is 14.9. The maximum Gasteiger partial charge on any atom is 0.329 e. The lowest BCUT2D eigenvalue weighted by Crippen LogP contribution is -2.43. The first-order valence-electron chi connectivity index (χ1n) is 10.3. The molecule has 0 aliphatic carbocycles. The van der Waals surface area contributed by atoms with Crippen LogP contribution in [-0.4, -0.2) is 74.9 Å². The molecule has 0 spiro atoms. The zero-order valence-electron chi connectivity index (χ0n) is 18.2. The molecule has 31 heavy (non-hydrogen) atoms. The third-order valence-corrected chi connectivity index (χ3v) is 4.24. The molecule has 0 saturated carbocycles. The summed E-state index contributed by atoms with van der Waals surface area (Å²) in [5, 5.41) is 6.31. The standard InChI is InChI=1S/C21H30N4O6/c1-4-30-18-11-16(13-23-24-21(28)20(27)22-12-15(2)3)5-6-17(18)31-14-19(26)25-7-9-29-10-8-25/h5-6,11,13,15H,4,7-10,12,14H2,1-3H3,(H,22,27)(H,24,28)/b23-13-. The quantitative estimate of drug-likeness (QED) is 0.333. The first kappa shape index (κ1) is 24.1. The molecule has 3 amide bonds. The van der Waals surface area contributed by atoms with Crippen molar-refractivity contribution in [2.24, 2.45) is 11.0 Å². The molecule has 10 nitrogen and oxygen atoms in total. The molecule has 0 bridgehead atoms. The van der Waals surface area contributed by atoms with Gasteiger partial charge in [0.05, 0.1) is 26.0 Å². The monoisotopic (exact) mass is 434 g/mol. The van der Waals surface area contributed by atoms with E-state index >= 15 is 0 Å². The van der Waals surface area contributed by atoms with Gasteiger partial charge in [0.1, 0.15) is 0 Å². The van der Waals surface area contributed by atoms with E-state index in [9.17, 15) is 14.4 Å². The van der Waals surface area contributed by atoms with Crippen molar-refractivity contribution in [2.45, 2.75) is 20.8 Å². The SMILES string of the molecule is CCOc1cc(/C=N\NC(=O)C(=O)NCC(C)C)ccc1OCC(=O)N1CCOCC1. The highest BCUT2D eigenvalue weighted by molar-refractivity contribution is 6.35. The molecular formula is C21H30N4O6. The van der Waals surface area contributed by atoms with Gasteiger partial charge in [-0.2, -0.15) is 5.10 Å². The predicted molar refractivity (Wildman–Crippen MR) is 114 cm³/mol. The van der Waals surface area contributed by atoms with Gasteiger partial charge in [0.15, 0.2) is 18.1 Å². The van der Waals surface area contributed by atoms with E-state index in [1.165, 1.54) is 6.21 Å². The normalized spacial score (nSPS) is 13.9. The molecule has 2 rings (SSSR count). The van der Waals surface area contributed by atoms with E-state index in [0.29, 0.717) is 56.5 Å². The summed E-state index contributed by atoms with van der Waals surface area (Å²) in [6.07, 6.45) is 1.39. The van der Waals surface area contributed by atoms with Gasteiger partial charge in [0.25, 0.3) is 5.91 Å². The minimum Gasteiger partial charge on any atom is -0.490 e. The maximum absolute atomic E-state index is 12.3. The second-order valence-corrected chi connectivity index (χ2v) is 7.22. The van der Waals surface area contributed by atoms with Gasteiger partial charge < -0.3 is 24.4 Å². The number of hydrogen-bond donors (Lipinski definition) is 2. The summed E-state index contributed by atoms with van der Waals surface area (Å²) in [5.74, 6) is -0.588. The second-order valence-electron chi connectivity index (χ2n) is 7.22. The Morgan fingerprint density at radius 3 is 2.58 bits per heavy atom. The van der Waals surface area contributed by atoms with Gasteiger partial charge in [0.2, 0.25) is 0 Å². The Morgan fingerprint density at radius 2 is 1.90 bits per heavy atom. The maximum atomic E-state index is 12.3. The molecule has 1 fully saturated rings. The number of nitrogens with zero attached hydrogens (tertiary/aromatic N) is 2. The molecule has 1 heterocycles. The number of rotatable bonds is 9. The summed E-state index contributed by atoms with van der Waals surface area (Å²) in [7, 11) is 0. The molecule has 1 aliphatic rings. The first-order valence-corrected chi connectivity index (χ1v) is 10.3. The van der Waals surface area contributed by atoms with Crippen molar-refractivity contribution in [3.8, 4) is 11.5 Å². The number of carbonyl (C=O) groups excluding carboxylic acids is 3. The molecular weight excluding hydrogens is 404 g/mol. The molecule has 1 aliphatic heterocycles. The molecule has 1 aromatic carbocycles. The van der Waals surface area contributed by atoms with Crippen LogP contribution >= 0.6 is 0 Å². The average molecular weight is 434 g/mol. The van der Waals surface area contributed by atoms with Crippen LogP contribution in [0.15, 0.2) is 23.3 Å². The van der Waals surface area contributed by atoms with Crippen LogP contribution in [0.4, 0.5) is 0 Å². The summed E-state index contributed by atoms with van der Waals surface area (Å²) in [6, 6.07) is 5.04. The van der Waals surface area contributed by atoms with E-state index in [4.69, 9.17) is 14.2 Å². The van der Waals surface area contributed by atoms with Crippen molar-refractivity contribution >= 4 is 23.9 Å². The second kappa shape index (κ2) is 12.5. The molecule has 1 saturated heterocycles. The lowest BCUT2D eigenvalue weighted by atomic mass is 10.2. The van der Waals surface area contributed by atoms with E-state index in [2.05, 4.69) is 15.8 Å². The summed E-state index contributed by atoms with van der Waals surface area (Å²) >= 11 is 0. The summed E-state index contributed by atoms with van der Waals surface area (Å²) in [4.78, 5) is 37.3. The van der Waals surface area contributed by atoms with E-state index < -0.39 is 11.8 Å². The van der Waals surface area contributed by atoms with E-state index in [1.54, 1.807) is 23.1 Å². The number of nitrogens with one attached hydrogen (secondary N) is 2. The number of morpholine rings is 1. The van der Waals surface area contributed by atoms with Crippen LogP contribution in [0, 0.1) is 5.92 Å². The van der Waals surface area contributed by atoms with Crippen LogP contribution in [0.5, 0.6) is 11.5 Å². The van der Waals surface area contributed by atoms with Gasteiger partial charge in [-0.3, -0.25) is 14.4 Å². The van der Waals surface area contributed by atoms with Crippen LogP contribution in [0.25, 0.3) is 0 Å². The third-order valence-electron chi connectivity index (χ3n) is 4.24. The van der Waals surface area contributed by atoms with Crippen LogP contribution in [-0.2, 0) is 19.1 Å². The van der Waals surface area contributed by atoms with Gasteiger partial charge >= 0.3 is 11.8 Å². The van der Waals surface area contributed by atoms with Crippen LogP contribution in [0.1, 0.15) is 26.3 Å². The fraction of sp³-hybridized carbons (Fsp3) is 0.524. The van der Waals surface area contributed by atoms with Crippen LogP contribution < -0.4 is 20.2 Å². The molecule has 1 aromatic rings. The van der Waals surface area contributed by atoms with Crippen molar-refractivity contribution in [3.05, 3.63) is 23.8 Å². The van der Waals surface area contributed by atoms with Crippen LogP contribution in [0.2, 0.25) is 0 Å². The molecule has 0 radical (unpaired) electrons. The Morgan fingerprint density at radius 1 is 1.16 bits per heavy atom. The van der Waals surface area contributed by atoms with Gasteiger partial charge in [-0.25, -0.2) is 5.43 Å². The van der Waals surface area contributed by atoms with Crippen molar-refractivity contribution in [1.82, 2.24) is 15.6 Å². The fourth-order valence-corrected chi connectivity index (χ4v) is 2.63. The minimum absolute atomic E-state index is 0.102. The number of ether oxygens (including phenoxy) is 3. The highest BCUT2D eigenvalue weighted by Gasteiger charge is 2.18. The average Bonchev–Trinajstić information content (AvgIpc) is 2.77. The van der Waals surface area contributed by atoms with Gasteiger partial charge in [0, 0.05) is 19.6 Å². The Hall–Kier alpha value is -3.14. The van der Waals surface area contributed by atoms with Crippen molar-refractivity contribution in [1.29, 1.82) is 0 Å². The molecule has 0 unspecified atom stereocenters. The molecule has 10 heteroatoms. The number of benzene rings is 1. The zero-order chi connectivity index (χ0) is 22.6. The fourth-order valence-electron chi connectivity index (χ4n) is 2.63. The lowest BCUT2D eigenvalue weighted by molar-refractivity contribution is -0.139. The molecule has 0 atom stereocenters. The summed E-state index contributed by atoms with van der Waals surface area (Å²) in [5.41, 5.74) is 2.81. The van der Waals surface area contributed by atoms with E-state index in [1.807, 2.05) is 20.8 Å². The topological polar surface area (TPSA) is 119 Å². The summed E-state index contributed by atoms with van der Waals surface area (Å²) in [6.45, 7) is 8.56. The van der Waals surface area contributed by atoms with Crippen LogP contribution in [0.3, 0.4) is 0 Å². The smallest absolute Gasteiger partial charge is 0.329 e. The molecule has 0 aromatic heterocycles. The van der Waals surface area contributed by atoms with Gasteiger partial charge in [-0.05, 0) is 36.6 Å². The molecule has 170 valence electrons. The van der Waals surface area contributed by atoms with Gasteiger partial charge in [-0.15, -0.1) is 0 Å². The van der Waals surface area contributed by atoms with E-state index in [0.717, 1.165) is 0 Å². The minimum atomic E-state index is -0.844. The Labute approximate surface area is 181 Å². The number of amides is 3. The van der Waals surface area contributed by atoms with Crippen molar-refractivity contribution in [2.75, 3.05) is 46.1 Å². The summed E-state index contributed by atoms with van der Waals surface area (Å²) < 4.78 is 16.5. The Balaban J connectivity index is 1.92. The molecule has 2 N–H and O–H groups in total. The number of hydrogen-bond acceptors (Lipinski definition) is 7.